The van der Waals surface area contributed by atoms with Gasteiger partial charge in [0.2, 0.25) is 5.92 Å². The van der Waals surface area contributed by atoms with Gasteiger partial charge in [-0.05, 0) is 31.2 Å². The maximum absolute atomic E-state index is 13.1. The number of alkyl halides is 2. The van der Waals surface area contributed by atoms with Gasteiger partial charge in [-0.25, -0.2) is 18.6 Å². The molecular weight excluding hydrogens is 282 g/mol. The Labute approximate surface area is 120 Å². The number of nitrogens with zero attached hydrogens (tertiary/aromatic N) is 2. The maximum atomic E-state index is 13.1. The lowest BCUT2D eigenvalue weighted by atomic mass is 9.83. The first-order chi connectivity index (χ1) is 9.85. The highest BCUT2D eigenvalue weighted by molar-refractivity contribution is 5.96. The number of halogens is 2. The topological polar surface area (TPSA) is 102 Å². The van der Waals surface area contributed by atoms with Crippen LogP contribution < -0.4 is 10.5 Å². The molecular formula is C13H16F2N4O2. The van der Waals surface area contributed by atoms with Crippen LogP contribution in [0.3, 0.4) is 0 Å². The number of nitrogens with two attached hydrogens (primary N) is 1. The number of carbonyl (C=O) groups is 1. The van der Waals surface area contributed by atoms with Crippen molar-refractivity contribution in [2.45, 2.75) is 38.0 Å². The van der Waals surface area contributed by atoms with Crippen LogP contribution in [0.2, 0.25) is 0 Å². The summed E-state index contributed by atoms with van der Waals surface area (Å²) >= 11 is 0. The van der Waals surface area contributed by atoms with Gasteiger partial charge in [0.25, 0.3) is 0 Å². The second kappa shape index (κ2) is 6.11. The third kappa shape index (κ3) is 4.44. The van der Waals surface area contributed by atoms with Crippen LogP contribution in [0, 0.1) is 11.3 Å². The summed E-state index contributed by atoms with van der Waals surface area (Å²) in [7, 11) is 0. The van der Waals surface area contributed by atoms with E-state index in [1.807, 2.05) is 0 Å². The van der Waals surface area contributed by atoms with Gasteiger partial charge in [0.1, 0.15) is 0 Å². The predicted molar refractivity (Wildman–Crippen MR) is 70.6 cm³/mol. The molecule has 1 fully saturated rings. The summed E-state index contributed by atoms with van der Waals surface area (Å²) in [5.41, 5.74) is 5.37. The first-order valence-electron chi connectivity index (χ1n) is 6.62. The first kappa shape index (κ1) is 15.3. The molecule has 0 aromatic carbocycles. The summed E-state index contributed by atoms with van der Waals surface area (Å²) in [5.74, 6) is -2.52. The zero-order chi connectivity index (χ0) is 15.5. The van der Waals surface area contributed by atoms with Gasteiger partial charge in [-0.1, -0.05) is 0 Å². The molecule has 0 radical (unpaired) electrons. The quantitative estimate of drug-likeness (QED) is 0.834. The molecule has 1 aliphatic rings. The number of primary amides is 1. The number of carbonyl (C=O) groups excluding carboxylic acids is 1. The summed E-state index contributed by atoms with van der Waals surface area (Å²) < 4.78 is 30.7. The third-order valence-electron chi connectivity index (χ3n) is 3.46. The minimum Gasteiger partial charge on any atom is -0.374 e. The van der Waals surface area contributed by atoms with E-state index in [1.165, 1.54) is 12.3 Å². The van der Waals surface area contributed by atoms with Crippen molar-refractivity contribution in [3.05, 3.63) is 18.0 Å². The van der Waals surface area contributed by atoms with E-state index in [-0.39, 0.29) is 30.5 Å². The van der Waals surface area contributed by atoms with Crippen molar-refractivity contribution < 1.29 is 18.3 Å². The van der Waals surface area contributed by atoms with E-state index in [0.29, 0.717) is 25.0 Å². The average molecular weight is 298 g/mol. The number of nitrogens with one attached hydrogen (secondary N) is 1. The fraction of sp³-hybridized carbons (Fsp3) is 0.538. The van der Waals surface area contributed by atoms with Crippen LogP contribution in [0.15, 0.2) is 12.3 Å². The molecule has 0 unspecified atom stereocenters. The number of rotatable bonds is 4. The Kier molecular flexibility index (Phi) is 4.44. The van der Waals surface area contributed by atoms with Crippen molar-refractivity contribution in [1.29, 1.82) is 5.41 Å². The molecule has 114 valence electrons. The minimum atomic E-state index is -2.57. The highest BCUT2D eigenvalue weighted by atomic mass is 19.3. The molecule has 0 bridgehead atoms. The van der Waals surface area contributed by atoms with Gasteiger partial charge < -0.3 is 15.9 Å². The molecule has 21 heavy (non-hydrogen) atoms. The van der Waals surface area contributed by atoms with Gasteiger partial charge in [-0.2, -0.15) is 4.98 Å². The number of ether oxygens (including phenoxy) is 1. The van der Waals surface area contributed by atoms with Crippen LogP contribution in [-0.4, -0.2) is 27.7 Å². The summed E-state index contributed by atoms with van der Waals surface area (Å²) in [5, 5.41) is 7.99. The summed E-state index contributed by atoms with van der Waals surface area (Å²) in [6.45, 7) is 0. The second-order valence-corrected chi connectivity index (χ2v) is 5.13. The van der Waals surface area contributed by atoms with Gasteiger partial charge in [0.15, 0.2) is 0 Å². The Morgan fingerprint density at radius 3 is 2.76 bits per heavy atom. The minimum absolute atomic E-state index is 0.0487. The van der Waals surface area contributed by atoms with Gasteiger partial charge in [0.05, 0.1) is 11.4 Å². The standard InChI is InChI=1S/C13H16F2N4O2/c14-13(15)4-1-8(2-5-13)7-9(16)10-3-6-18-12(19-10)21-11(17)20/h3,6,8,16H,1-2,4-5,7H2,(H2,17,20). The molecule has 8 heteroatoms. The van der Waals surface area contributed by atoms with Crippen LogP contribution in [0.25, 0.3) is 0 Å². The van der Waals surface area contributed by atoms with Crippen molar-refractivity contribution in [2.24, 2.45) is 11.7 Å². The van der Waals surface area contributed by atoms with Crippen molar-refractivity contribution in [2.75, 3.05) is 0 Å². The lowest BCUT2D eigenvalue weighted by molar-refractivity contribution is -0.0449. The smallest absolute Gasteiger partial charge is 0.374 e. The monoisotopic (exact) mass is 298 g/mol. The molecule has 0 atom stereocenters. The maximum Gasteiger partial charge on any atom is 0.412 e. The summed E-state index contributed by atoms with van der Waals surface area (Å²) in [4.78, 5) is 18.2. The van der Waals surface area contributed by atoms with E-state index < -0.39 is 12.0 Å². The molecule has 3 N–H and O–H groups in total. The highest BCUT2D eigenvalue weighted by Gasteiger charge is 2.35. The molecule has 2 rings (SSSR count). The van der Waals surface area contributed by atoms with E-state index in [9.17, 15) is 13.6 Å². The second-order valence-electron chi connectivity index (χ2n) is 5.13. The van der Waals surface area contributed by atoms with Gasteiger partial charge in [-0.3, -0.25) is 0 Å². The third-order valence-corrected chi connectivity index (χ3v) is 3.46. The number of hydrogen-bond donors (Lipinski definition) is 2. The number of hydrogen-bond acceptors (Lipinski definition) is 5. The summed E-state index contributed by atoms with van der Waals surface area (Å²) in [6, 6.07) is 1.29. The number of aromatic nitrogens is 2. The van der Waals surface area contributed by atoms with Gasteiger partial charge in [0, 0.05) is 19.0 Å². The predicted octanol–water partition coefficient (Wildman–Crippen LogP) is 2.52. The lowest BCUT2D eigenvalue weighted by Gasteiger charge is -2.28. The van der Waals surface area contributed by atoms with Crippen molar-refractivity contribution >= 4 is 11.8 Å². The van der Waals surface area contributed by atoms with Crippen LogP contribution in [0.5, 0.6) is 6.01 Å². The SMILES string of the molecule is N=C(CC1CCC(F)(F)CC1)c1ccnc(OC(N)=O)n1. The molecule has 0 spiro atoms. The lowest BCUT2D eigenvalue weighted by Crippen LogP contribution is -2.26. The van der Waals surface area contributed by atoms with Crippen LogP contribution in [0.1, 0.15) is 37.8 Å². The van der Waals surface area contributed by atoms with Gasteiger partial charge in [-0.15, -0.1) is 0 Å². The van der Waals surface area contributed by atoms with Crippen LogP contribution >= 0.6 is 0 Å². The van der Waals surface area contributed by atoms with Crippen molar-refractivity contribution in [3.63, 3.8) is 0 Å². The highest BCUT2D eigenvalue weighted by Crippen LogP contribution is 2.37. The number of amides is 1. The first-order valence-corrected chi connectivity index (χ1v) is 6.62. The molecule has 1 aliphatic carbocycles. The van der Waals surface area contributed by atoms with Crippen molar-refractivity contribution in [3.8, 4) is 6.01 Å². The van der Waals surface area contributed by atoms with E-state index >= 15 is 0 Å². The fourth-order valence-electron chi connectivity index (χ4n) is 2.35. The Morgan fingerprint density at radius 2 is 2.14 bits per heavy atom. The van der Waals surface area contributed by atoms with E-state index in [1.54, 1.807) is 0 Å². The Bertz CT molecular complexity index is 541. The normalized spacial score (nSPS) is 18.2. The van der Waals surface area contributed by atoms with E-state index in [2.05, 4.69) is 14.7 Å². The zero-order valence-corrected chi connectivity index (χ0v) is 11.3. The Morgan fingerprint density at radius 1 is 1.48 bits per heavy atom. The molecule has 1 aromatic heterocycles. The van der Waals surface area contributed by atoms with Crippen LogP contribution in [-0.2, 0) is 0 Å². The molecule has 0 saturated heterocycles. The molecule has 1 aromatic rings. The zero-order valence-electron chi connectivity index (χ0n) is 11.3. The fourth-order valence-corrected chi connectivity index (χ4v) is 2.35. The largest absolute Gasteiger partial charge is 0.412 e. The molecule has 1 heterocycles. The van der Waals surface area contributed by atoms with Crippen molar-refractivity contribution in [1.82, 2.24) is 9.97 Å². The molecule has 0 aliphatic heterocycles. The van der Waals surface area contributed by atoms with Crippen LogP contribution in [0.4, 0.5) is 13.6 Å². The van der Waals surface area contributed by atoms with E-state index in [0.717, 1.165) is 0 Å². The van der Waals surface area contributed by atoms with Gasteiger partial charge >= 0.3 is 12.1 Å². The summed E-state index contributed by atoms with van der Waals surface area (Å²) in [6.07, 6.45) is 1.20. The molecule has 1 saturated carbocycles. The molecule has 6 nitrogen and oxygen atoms in total. The Balaban J connectivity index is 1.96. The molecule has 1 amide bonds. The average Bonchev–Trinajstić information content (AvgIpc) is 2.41. The Hall–Kier alpha value is -2.12. The van der Waals surface area contributed by atoms with E-state index in [4.69, 9.17) is 11.1 Å².